The van der Waals surface area contributed by atoms with Crippen LogP contribution < -0.4 is 0 Å². The molecule has 0 aromatic carbocycles. The van der Waals surface area contributed by atoms with Crippen LogP contribution in [0.3, 0.4) is 0 Å². The molecule has 266 valence electrons. The van der Waals surface area contributed by atoms with Gasteiger partial charge in [0, 0.05) is 32.3 Å². The highest BCUT2D eigenvalue weighted by Gasteiger charge is 2.31. The highest BCUT2D eigenvalue weighted by Crippen LogP contribution is 2.28. The summed E-state index contributed by atoms with van der Waals surface area (Å²) in [6.07, 6.45) is 24.2. The number of methoxy groups -OCH3 is 1. The van der Waals surface area contributed by atoms with E-state index in [1.807, 2.05) is 0 Å². The van der Waals surface area contributed by atoms with Crippen LogP contribution >= 0.6 is 0 Å². The van der Waals surface area contributed by atoms with Crippen LogP contribution in [0, 0.1) is 5.41 Å². The Balaban J connectivity index is 4.64. The first kappa shape index (κ1) is 43.7. The Kier molecular flexibility index (Phi) is 32.4. The Morgan fingerprint density at radius 2 is 0.864 bits per heavy atom. The lowest BCUT2D eigenvalue weighted by Crippen LogP contribution is -2.38. The molecule has 0 spiro atoms. The van der Waals surface area contributed by atoms with Crippen LogP contribution in [-0.2, 0) is 38.3 Å². The van der Waals surface area contributed by atoms with Crippen molar-refractivity contribution in [1.29, 1.82) is 0 Å². The molecule has 0 aliphatic rings. The summed E-state index contributed by atoms with van der Waals surface area (Å²) in [6, 6.07) is 0. The van der Waals surface area contributed by atoms with Gasteiger partial charge in [0.05, 0.1) is 46.2 Å². The van der Waals surface area contributed by atoms with Gasteiger partial charge in [-0.25, -0.2) is 4.18 Å². The third-order valence-electron chi connectivity index (χ3n) is 7.90. The van der Waals surface area contributed by atoms with E-state index >= 15 is 0 Å². The van der Waals surface area contributed by atoms with E-state index in [1.165, 1.54) is 77.0 Å². The number of hydrogen-bond acceptors (Lipinski definition) is 8. The minimum absolute atomic E-state index is 0.0521. The molecule has 10 heteroatoms. The normalized spacial score (nSPS) is 13.5. The molecule has 0 saturated carbocycles. The Bertz CT molecular complexity index is 648. The van der Waals surface area contributed by atoms with Gasteiger partial charge in [0.25, 0.3) is 0 Å². The van der Waals surface area contributed by atoms with E-state index in [1.54, 1.807) is 7.11 Å². The maximum Gasteiger partial charge on any atom is 0.397 e. The van der Waals surface area contributed by atoms with E-state index in [2.05, 4.69) is 18.0 Å². The van der Waals surface area contributed by atoms with E-state index in [0.717, 1.165) is 64.6 Å². The summed E-state index contributed by atoms with van der Waals surface area (Å²) in [6.45, 7) is 9.07. The van der Waals surface area contributed by atoms with E-state index in [4.69, 9.17) is 28.2 Å². The van der Waals surface area contributed by atoms with Gasteiger partial charge >= 0.3 is 10.4 Å². The minimum Gasteiger partial charge on any atom is -0.382 e. The van der Waals surface area contributed by atoms with Crippen molar-refractivity contribution >= 4 is 10.4 Å². The van der Waals surface area contributed by atoms with E-state index in [0.29, 0.717) is 39.6 Å². The molecule has 0 aliphatic carbocycles. The Morgan fingerprint density at radius 3 is 1.34 bits per heavy atom. The predicted octanol–water partition coefficient (Wildman–Crippen LogP) is 8.35. The lowest BCUT2D eigenvalue weighted by molar-refractivity contribution is -0.0825. The first-order chi connectivity index (χ1) is 21.4. The first-order valence-corrected chi connectivity index (χ1v) is 19.2. The molecule has 1 atom stereocenters. The second-order valence-electron chi connectivity index (χ2n) is 12.3. The number of ether oxygens (including phenoxy) is 5. The summed E-state index contributed by atoms with van der Waals surface area (Å²) >= 11 is 0. The monoisotopic (exact) mass is 654 g/mol. The Morgan fingerprint density at radius 1 is 0.477 bits per heavy atom. The van der Waals surface area contributed by atoms with Gasteiger partial charge < -0.3 is 23.7 Å². The van der Waals surface area contributed by atoms with Gasteiger partial charge in [-0.2, -0.15) is 8.42 Å². The quantitative estimate of drug-likeness (QED) is 0.0522. The van der Waals surface area contributed by atoms with Crippen LogP contribution in [0.2, 0.25) is 0 Å². The van der Waals surface area contributed by atoms with Gasteiger partial charge in [-0.15, -0.1) is 0 Å². The molecule has 0 aromatic rings. The number of rotatable bonds is 37. The SMILES string of the molecule is CCCCCCCCCCCCOC[C@@](CCCCCCCOCCCCCC)(COCCOC)COCCOS(=O)(=O)O. The van der Waals surface area contributed by atoms with Crippen molar-refractivity contribution in [3.8, 4) is 0 Å². The molecule has 9 nitrogen and oxygen atoms in total. The average Bonchev–Trinajstić information content (AvgIpc) is 2.99. The summed E-state index contributed by atoms with van der Waals surface area (Å²) in [5.41, 5.74) is -0.355. The van der Waals surface area contributed by atoms with E-state index in [-0.39, 0.29) is 18.6 Å². The Labute approximate surface area is 271 Å². The topological polar surface area (TPSA) is 110 Å². The largest absolute Gasteiger partial charge is 0.397 e. The molecular formula is C34H70O9S. The minimum atomic E-state index is -4.48. The highest BCUT2D eigenvalue weighted by atomic mass is 32.3. The molecule has 0 saturated heterocycles. The Hall–Kier alpha value is -0.330. The van der Waals surface area contributed by atoms with Gasteiger partial charge in [0.1, 0.15) is 0 Å². The van der Waals surface area contributed by atoms with Crippen molar-refractivity contribution in [3.05, 3.63) is 0 Å². The molecule has 0 aromatic heterocycles. The molecule has 0 radical (unpaired) electrons. The molecule has 0 amide bonds. The summed E-state index contributed by atoms with van der Waals surface area (Å²) in [5.74, 6) is 0. The fraction of sp³-hybridized carbons (Fsp3) is 1.00. The molecule has 0 aliphatic heterocycles. The summed E-state index contributed by atoms with van der Waals surface area (Å²) in [4.78, 5) is 0. The van der Waals surface area contributed by atoms with Gasteiger partial charge in [0.2, 0.25) is 0 Å². The third kappa shape index (κ3) is 31.6. The lowest BCUT2D eigenvalue weighted by Gasteiger charge is -2.33. The molecule has 0 heterocycles. The number of hydrogen-bond donors (Lipinski definition) is 1. The van der Waals surface area contributed by atoms with Crippen LogP contribution in [0.5, 0.6) is 0 Å². The van der Waals surface area contributed by atoms with Crippen molar-refractivity contribution in [2.45, 2.75) is 142 Å². The maximum absolute atomic E-state index is 10.9. The summed E-state index contributed by atoms with van der Waals surface area (Å²) in [7, 11) is -2.83. The second-order valence-corrected chi connectivity index (χ2v) is 13.4. The van der Waals surface area contributed by atoms with E-state index in [9.17, 15) is 8.42 Å². The zero-order valence-corrected chi connectivity index (χ0v) is 29.7. The standard InChI is InChI=1S/C34H70O9S/c1-4-6-8-10-11-12-13-14-17-22-26-40-31-34(32-41-28-27-38-3,33-42-29-30-43-44(35,36)37)23-19-16-15-18-21-25-39-24-20-9-7-5-2/h4-33H2,1-3H3,(H,35,36,37)/t34-/m0/s1. The molecular weight excluding hydrogens is 584 g/mol. The van der Waals surface area contributed by atoms with Crippen molar-refractivity contribution in [2.24, 2.45) is 5.41 Å². The smallest absolute Gasteiger partial charge is 0.382 e. The third-order valence-corrected chi connectivity index (χ3v) is 8.36. The van der Waals surface area contributed by atoms with Crippen LogP contribution in [0.25, 0.3) is 0 Å². The maximum atomic E-state index is 10.9. The average molecular weight is 655 g/mol. The fourth-order valence-electron chi connectivity index (χ4n) is 5.21. The fourth-order valence-corrected chi connectivity index (χ4v) is 5.49. The van der Waals surface area contributed by atoms with Gasteiger partial charge in [-0.3, -0.25) is 4.55 Å². The van der Waals surface area contributed by atoms with Crippen LogP contribution in [0.4, 0.5) is 0 Å². The van der Waals surface area contributed by atoms with Crippen LogP contribution in [0.1, 0.15) is 142 Å². The molecule has 0 rings (SSSR count). The van der Waals surface area contributed by atoms with Gasteiger partial charge in [-0.1, -0.05) is 117 Å². The van der Waals surface area contributed by atoms with Gasteiger partial charge in [-0.05, 0) is 25.7 Å². The lowest BCUT2D eigenvalue weighted by atomic mass is 9.84. The van der Waals surface area contributed by atoms with Crippen molar-refractivity contribution in [1.82, 2.24) is 0 Å². The summed E-state index contributed by atoms with van der Waals surface area (Å²) < 4.78 is 64.1. The first-order valence-electron chi connectivity index (χ1n) is 17.8. The van der Waals surface area contributed by atoms with Crippen molar-refractivity contribution in [2.75, 3.05) is 73.2 Å². The molecule has 1 N–H and O–H groups in total. The highest BCUT2D eigenvalue weighted by molar-refractivity contribution is 7.80. The number of unbranched alkanes of at least 4 members (excludes halogenated alkanes) is 16. The van der Waals surface area contributed by atoms with Crippen molar-refractivity contribution < 1.29 is 40.8 Å². The predicted molar refractivity (Wildman–Crippen MR) is 179 cm³/mol. The molecule has 0 unspecified atom stereocenters. The zero-order valence-electron chi connectivity index (χ0n) is 28.8. The van der Waals surface area contributed by atoms with Crippen molar-refractivity contribution in [3.63, 3.8) is 0 Å². The zero-order chi connectivity index (χ0) is 32.5. The molecule has 0 bridgehead atoms. The summed E-state index contributed by atoms with van der Waals surface area (Å²) in [5, 5.41) is 0. The molecule has 0 fully saturated rings. The van der Waals surface area contributed by atoms with Crippen LogP contribution in [0.15, 0.2) is 0 Å². The van der Waals surface area contributed by atoms with Crippen LogP contribution in [-0.4, -0.2) is 86.1 Å². The van der Waals surface area contributed by atoms with E-state index < -0.39 is 10.4 Å². The van der Waals surface area contributed by atoms with Gasteiger partial charge in [0.15, 0.2) is 0 Å². The second kappa shape index (κ2) is 32.6. The molecule has 44 heavy (non-hydrogen) atoms.